The predicted molar refractivity (Wildman–Crippen MR) is 68.8 cm³/mol. The lowest BCUT2D eigenvalue weighted by Gasteiger charge is -2.10. The number of aryl methyl sites for hydroxylation is 1. The summed E-state index contributed by atoms with van der Waals surface area (Å²) in [4.78, 5) is 8.90. The third-order valence-electron chi connectivity index (χ3n) is 2.47. The van der Waals surface area contributed by atoms with Gasteiger partial charge in [-0.3, -0.25) is 0 Å². The zero-order valence-corrected chi connectivity index (χ0v) is 11.0. The first kappa shape index (κ1) is 12.9. The summed E-state index contributed by atoms with van der Waals surface area (Å²) in [5, 5.41) is 3.29. The van der Waals surface area contributed by atoms with E-state index in [-0.39, 0.29) is 0 Å². The summed E-state index contributed by atoms with van der Waals surface area (Å²) >= 11 is 0. The van der Waals surface area contributed by atoms with Gasteiger partial charge in [-0.15, -0.1) is 0 Å². The molecule has 0 spiro atoms. The molecular formula is C13H23N3. The molecule has 0 fully saturated rings. The maximum Gasteiger partial charge on any atom is 0.223 e. The molecule has 0 amide bonds. The Morgan fingerprint density at radius 3 is 2.44 bits per heavy atom. The van der Waals surface area contributed by atoms with Gasteiger partial charge >= 0.3 is 0 Å². The van der Waals surface area contributed by atoms with Crippen LogP contribution >= 0.6 is 0 Å². The Hall–Kier alpha value is -1.12. The van der Waals surface area contributed by atoms with Gasteiger partial charge in [-0.1, -0.05) is 27.7 Å². The van der Waals surface area contributed by atoms with Crippen LogP contribution in [-0.4, -0.2) is 16.5 Å². The van der Waals surface area contributed by atoms with Crippen molar-refractivity contribution in [3.05, 3.63) is 17.5 Å². The second kappa shape index (κ2) is 5.83. The maximum atomic E-state index is 4.51. The van der Waals surface area contributed by atoms with E-state index in [4.69, 9.17) is 0 Å². The second-order valence-corrected chi connectivity index (χ2v) is 5.02. The summed E-state index contributed by atoms with van der Waals surface area (Å²) in [6.07, 6.45) is 1.15. The Kier molecular flexibility index (Phi) is 4.71. The normalized spacial score (nSPS) is 11.2. The highest BCUT2D eigenvalue weighted by Crippen LogP contribution is 2.14. The minimum absolute atomic E-state index is 0.451. The molecule has 1 aromatic rings. The van der Waals surface area contributed by atoms with Crippen LogP contribution < -0.4 is 5.32 Å². The van der Waals surface area contributed by atoms with Crippen LogP contribution in [0.4, 0.5) is 5.95 Å². The molecule has 1 heterocycles. The fourth-order valence-electron chi connectivity index (χ4n) is 1.44. The van der Waals surface area contributed by atoms with Crippen molar-refractivity contribution in [2.24, 2.45) is 5.92 Å². The molecule has 0 aliphatic carbocycles. The van der Waals surface area contributed by atoms with Gasteiger partial charge < -0.3 is 5.32 Å². The average Bonchev–Trinajstić information content (AvgIpc) is 2.16. The standard InChI is InChI=1S/C13H23N3/c1-9(2)6-7-14-13-15-11(5)8-12(16-13)10(3)4/h8-10H,6-7H2,1-5H3,(H,14,15,16). The van der Waals surface area contributed by atoms with Crippen molar-refractivity contribution in [3.8, 4) is 0 Å². The van der Waals surface area contributed by atoms with Crippen LogP contribution in [0.1, 0.15) is 51.4 Å². The number of rotatable bonds is 5. The molecular weight excluding hydrogens is 198 g/mol. The van der Waals surface area contributed by atoms with E-state index < -0.39 is 0 Å². The van der Waals surface area contributed by atoms with Crippen LogP contribution in [0, 0.1) is 12.8 Å². The molecule has 1 rings (SSSR count). The molecule has 0 saturated carbocycles. The first-order valence-electron chi connectivity index (χ1n) is 6.08. The van der Waals surface area contributed by atoms with Crippen LogP contribution in [0.15, 0.2) is 6.07 Å². The summed E-state index contributed by atoms with van der Waals surface area (Å²) in [5.74, 6) is 1.93. The van der Waals surface area contributed by atoms with E-state index in [9.17, 15) is 0 Å². The minimum atomic E-state index is 0.451. The van der Waals surface area contributed by atoms with E-state index >= 15 is 0 Å². The molecule has 0 atom stereocenters. The Labute approximate surface area is 98.7 Å². The molecule has 0 aliphatic rings. The summed E-state index contributed by atoms with van der Waals surface area (Å²) in [5.41, 5.74) is 2.14. The van der Waals surface area contributed by atoms with Gasteiger partial charge in [0.25, 0.3) is 0 Å². The van der Waals surface area contributed by atoms with Gasteiger partial charge in [0.2, 0.25) is 5.95 Å². The number of nitrogens with zero attached hydrogens (tertiary/aromatic N) is 2. The Morgan fingerprint density at radius 2 is 1.88 bits per heavy atom. The van der Waals surface area contributed by atoms with Crippen LogP contribution in [-0.2, 0) is 0 Å². The van der Waals surface area contributed by atoms with Crippen LogP contribution in [0.25, 0.3) is 0 Å². The van der Waals surface area contributed by atoms with Crippen molar-refractivity contribution in [1.29, 1.82) is 0 Å². The summed E-state index contributed by atoms with van der Waals surface area (Å²) in [6, 6.07) is 2.05. The number of nitrogens with one attached hydrogen (secondary N) is 1. The average molecular weight is 221 g/mol. The lowest BCUT2D eigenvalue weighted by molar-refractivity contribution is 0.605. The van der Waals surface area contributed by atoms with Gasteiger partial charge in [-0.2, -0.15) is 0 Å². The second-order valence-electron chi connectivity index (χ2n) is 5.02. The van der Waals surface area contributed by atoms with E-state index in [1.165, 1.54) is 0 Å². The van der Waals surface area contributed by atoms with Crippen LogP contribution in [0.5, 0.6) is 0 Å². The van der Waals surface area contributed by atoms with Gasteiger partial charge in [-0.05, 0) is 31.2 Å². The Bertz CT molecular complexity index is 332. The fourth-order valence-corrected chi connectivity index (χ4v) is 1.44. The molecule has 1 aromatic heterocycles. The van der Waals surface area contributed by atoms with E-state index in [0.29, 0.717) is 11.8 Å². The highest BCUT2D eigenvalue weighted by molar-refractivity contribution is 5.28. The van der Waals surface area contributed by atoms with Gasteiger partial charge in [-0.25, -0.2) is 9.97 Å². The summed E-state index contributed by atoms with van der Waals surface area (Å²) in [6.45, 7) is 11.7. The van der Waals surface area contributed by atoms with E-state index in [0.717, 1.165) is 30.3 Å². The minimum Gasteiger partial charge on any atom is -0.354 e. The number of anilines is 1. The molecule has 0 unspecified atom stereocenters. The van der Waals surface area contributed by atoms with Crippen molar-refractivity contribution >= 4 is 5.95 Å². The molecule has 1 N–H and O–H groups in total. The Balaban J connectivity index is 2.65. The summed E-state index contributed by atoms with van der Waals surface area (Å²) < 4.78 is 0. The third-order valence-corrected chi connectivity index (χ3v) is 2.47. The monoisotopic (exact) mass is 221 g/mol. The van der Waals surface area contributed by atoms with Crippen molar-refractivity contribution < 1.29 is 0 Å². The first-order valence-corrected chi connectivity index (χ1v) is 6.08. The van der Waals surface area contributed by atoms with E-state index in [2.05, 4.69) is 49.0 Å². The topological polar surface area (TPSA) is 37.8 Å². The lowest BCUT2D eigenvalue weighted by atomic mass is 10.1. The van der Waals surface area contributed by atoms with Gasteiger partial charge in [0, 0.05) is 17.9 Å². The Morgan fingerprint density at radius 1 is 1.19 bits per heavy atom. The van der Waals surface area contributed by atoms with E-state index in [1.807, 2.05) is 6.92 Å². The van der Waals surface area contributed by atoms with Crippen molar-refractivity contribution in [2.45, 2.75) is 47.0 Å². The number of aromatic nitrogens is 2. The quantitative estimate of drug-likeness (QED) is 0.828. The first-order chi connectivity index (χ1) is 7.49. The molecule has 0 saturated heterocycles. The van der Waals surface area contributed by atoms with Crippen molar-refractivity contribution in [2.75, 3.05) is 11.9 Å². The highest BCUT2D eigenvalue weighted by Gasteiger charge is 2.05. The molecule has 0 bridgehead atoms. The predicted octanol–water partition coefficient (Wildman–Crippen LogP) is 3.37. The van der Waals surface area contributed by atoms with Gasteiger partial charge in [0.05, 0.1) is 0 Å². The molecule has 16 heavy (non-hydrogen) atoms. The van der Waals surface area contributed by atoms with Crippen LogP contribution in [0.2, 0.25) is 0 Å². The molecule has 0 aliphatic heterocycles. The number of hydrogen-bond acceptors (Lipinski definition) is 3. The SMILES string of the molecule is Cc1cc(C(C)C)nc(NCCC(C)C)n1. The van der Waals surface area contributed by atoms with Crippen molar-refractivity contribution in [1.82, 2.24) is 9.97 Å². The molecule has 0 aromatic carbocycles. The zero-order valence-electron chi connectivity index (χ0n) is 11.0. The molecule has 0 radical (unpaired) electrons. The molecule has 3 heteroatoms. The lowest BCUT2D eigenvalue weighted by Crippen LogP contribution is -2.10. The highest BCUT2D eigenvalue weighted by atomic mass is 15.1. The third kappa shape index (κ3) is 4.17. The smallest absolute Gasteiger partial charge is 0.223 e. The maximum absolute atomic E-state index is 4.51. The van der Waals surface area contributed by atoms with Crippen molar-refractivity contribution in [3.63, 3.8) is 0 Å². The fraction of sp³-hybridized carbons (Fsp3) is 0.692. The largest absolute Gasteiger partial charge is 0.354 e. The molecule has 90 valence electrons. The van der Waals surface area contributed by atoms with Gasteiger partial charge in [0.15, 0.2) is 0 Å². The van der Waals surface area contributed by atoms with Crippen LogP contribution in [0.3, 0.4) is 0 Å². The summed E-state index contributed by atoms with van der Waals surface area (Å²) in [7, 11) is 0. The van der Waals surface area contributed by atoms with Gasteiger partial charge in [0.1, 0.15) is 0 Å². The zero-order chi connectivity index (χ0) is 12.1. The number of hydrogen-bond donors (Lipinski definition) is 1. The molecule has 3 nitrogen and oxygen atoms in total. The van der Waals surface area contributed by atoms with E-state index in [1.54, 1.807) is 0 Å².